The molecule has 0 unspecified atom stereocenters. The van der Waals surface area contributed by atoms with Crippen molar-refractivity contribution in [2.75, 3.05) is 0 Å². The van der Waals surface area contributed by atoms with E-state index in [2.05, 4.69) is 4.74 Å². The second-order valence-electron chi connectivity index (χ2n) is 4.83. The van der Waals surface area contributed by atoms with E-state index in [4.69, 9.17) is 5.73 Å². The maximum absolute atomic E-state index is 13.6. The molecule has 0 fully saturated rings. The first kappa shape index (κ1) is 21.0. The van der Waals surface area contributed by atoms with E-state index in [1.165, 1.54) is 12.1 Å². The molecule has 10 heteroatoms. The summed E-state index contributed by atoms with van der Waals surface area (Å²) in [6.45, 7) is 0. The van der Waals surface area contributed by atoms with Crippen LogP contribution in [-0.4, -0.2) is 6.36 Å². The number of rotatable bonds is 3. The van der Waals surface area contributed by atoms with Crippen LogP contribution in [0.1, 0.15) is 22.7 Å². The molecule has 2 rings (SSSR count). The van der Waals surface area contributed by atoms with Crippen LogP contribution < -0.4 is 10.5 Å². The molecule has 0 aliphatic rings. The van der Waals surface area contributed by atoms with Crippen molar-refractivity contribution in [1.29, 1.82) is 0 Å². The third kappa shape index (κ3) is 5.50. The third-order valence-corrected chi connectivity index (χ3v) is 3.13. The molecule has 2 aromatic rings. The average molecular weight is 390 g/mol. The number of hydrogen-bond acceptors (Lipinski definition) is 2. The molecule has 0 spiro atoms. The molecule has 2 nitrogen and oxygen atoms in total. The topological polar surface area (TPSA) is 35.2 Å². The summed E-state index contributed by atoms with van der Waals surface area (Å²) in [6, 6.07) is 5.63. The highest BCUT2D eigenvalue weighted by atomic mass is 35.5. The predicted octanol–water partition coefficient (Wildman–Crippen LogP) is 5.21. The van der Waals surface area contributed by atoms with E-state index in [-0.39, 0.29) is 23.5 Å². The van der Waals surface area contributed by atoms with E-state index < -0.39 is 35.7 Å². The predicted molar refractivity (Wildman–Crippen MR) is 77.8 cm³/mol. The summed E-state index contributed by atoms with van der Waals surface area (Å²) in [5.41, 5.74) is 4.71. The van der Waals surface area contributed by atoms with Gasteiger partial charge in [0.2, 0.25) is 0 Å². The third-order valence-electron chi connectivity index (χ3n) is 3.13. The molecule has 1 atom stereocenters. The number of benzene rings is 2. The van der Waals surface area contributed by atoms with Crippen molar-refractivity contribution in [1.82, 2.24) is 0 Å². The Balaban J connectivity index is 0.00000312. The fraction of sp³-hybridized carbons (Fsp3) is 0.200. The summed E-state index contributed by atoms with van der Waals surface area (Å²) >= 11 is 0. The van der Waals surface area contributed by atoms with Gasteiger partial charge in [0.1, 0.15) is 11.6 Å². The minimum atomic E-state index is -4.85. The Hall–Kier alpha value is -2.00. The Morgan fingerprint density at radius 2 is 1.36 bits per heavy atom. The normalized spacial score (nSPS) is 13.1. The second kappa shape index (κ2) is 7.49. The zero-order chi connectivity index (χ0) is 18.1. The van der Waals surface area contributed by atoms with Gasteiger partial charge in [-0.3, -0.25) is 0 Å². The molecule has 0 aliphatic heterocycles. The summed E-state index contributed by atoms with van der Waals surface area (Å²) < 4.78 is 91.0. The van der Waals surface area contributed by atoms with Gasteiger partial charge < -0.3 is 10.5 Å². The monoisotopic (exact) mass is 389 g/mol. The van der Waals surface area contributed by atoms with Gasteiger partial charge in [-0.25, -0.2) is 4.39 Å². The van der Waals surface area contributed by atoms with E-state index in [9.17, 15) is 30.7 Å². The highest BCUT2D eigenvalue weighted by molar-refractivity contribution is 5.85. The SMILES string of the molecule is Cl.N[C@@H](c1ccc(OC(F)(F)F)cc1)c1ccc(C(F)(F)F)c(F)c1. The van der Waals surface area contributed by atoms with Crippen molar-refractivity contribution in [3.63, 3.8) is 0 Å². The van der Waals surface area contributed by atoms with E-state index in [1.807, 2.05) is 0 Å². The summed E-state index contributed by atoms with van der Waals surface area (Å²) in [4.78, 5) is 0. The van der Waals surface area contributed by atoms with Gasteiger partial charge in [0.25, 0.3) is 0 Å². The standard InChI is InChI=1S/C15H10F7NO.ClH/c16-12-7-9(3-6-11(12)14(17,18)19)13(23)8-1-4-10(5-2-8)24-15(20,21)22;/h1-7,13H,23H2;1H/t13-;/m0./s1. The summed E-state index contributed by atoms with van der Waals surface area (Å²) in [5, 5.41) is 0. The smallest absolute Gasteiger partial charge is 0.406 e. The van der Waals surface area contributed by atoms with Crippen LogP contribution in [0, 0.1) is 5.82 Å². The molecule has 0 saturated carbocycles. The molecule has 0 heterocycles. The highest BCUT2D eigenvalue weighted by Crippen LogP contribution is 2.33. The molecule has 0 amide bonds. The minimum Gasteiger partial charge on any atom is -0.406 e. The van der Waals surface area contributed by atoms with Crippen molar-refractivity contribution >= 4 is 12.4 Å². The van der Waals surface area contributed by atoms with Crippen LogP contribution in [0.5, 0.6) is 5.75 Å². The number of alkyl halides is 6. The van der Waals surface area contributed by atoms with Crippen LogP contribution in [-0.2, 0) is 6.18 Å². The van der Waals surface area contributed by atoms with Crippen LogP contribution in [0.25, 0.3) is 0 Å². The summed E-state index contributed by atoms with van der Waals surface area (Å²) in [7, 11) is 0. The van der Waals surface area contributed by atoms with Gasteiger partial charge in [0, 0.05) is 0 Å². The first-order valence-electron chi connectivity index (χ1n) is 6.45. The van der Waals surface area contributed by atoms with Gasteiger partial charge >= 0.3 is 12.5 Å². The van der Waals surface area contributed by atoms with E-state index in [1.54, 1.807) is 0 Å². The zero-order valence-corrected chi connectivity index (χ0v) is 13.0. The maximum Gasteiger partial charge on any atom is 0.573 e. The molecule has 2 N–H and O–H groups in total. The lowest BCUT2D eigenvalue weighted by molar-refractivity contribution is -0.274. The largest absolute Gasteiger partial charge is 0.573 e. The van der Waals surface area contributed by atoms with Crippen molar-refractivity contribution in [3.8, 4) is 5.75 Å². The molecule has 0 aromatic heterocycles. The first-order chi connectivity index (χ1) is 11.0. The Morgan fingerprint density at radius 3 is 1.80 bits per heavy atom. The lowest BCUT2D eigenvalue weighted by Crippen LogP contribution is -2.17. The average Bonchev–Trinajstić information content (AvgIpc) is 2.44. The number of halogens is 8. The van der Waals surface area contributed by atoms with Crippen molar-refractivity contribution < 1.29 is 35.5 Å². The van der Waals surface area contributed by atoms with Crippen LogP contribution in [0.3, 0.4) is 0 Å². The fourth-order valence-corrected chi connectivity index (χ4v) is 2.02. The van der Waals surface area contributed by atoms with Crippen molar-refractivity contribution in [2.45, 2.75) is 18.6 Å². The van der Waals surface area contributed by atoms with Gasteiger partial charge in [-0.15, -0.1) is 25.6 Å². The van der Waals surface area contributed by atoms with Crippen molar-refractivity contribution in [3.05, 3.63) is 65.0 Å². The summed E-state index contributed by atoms with van der Waals surface area (Å²) in [5.74, 6) is -1.95. The molecule has 0 radical (unpaired) electrons. The molecule has 0 bridgehead atoms. The van der Waals surface area contributed by atoms with Gasteiger partial charge in [-0.1, -0.05) is 18.2 Å². The second-order valence-corrected chi connectivity index (χ2v) is 4.83. The molecule has 138 valence electrons. The van der Waals surface area contributed by atoms with E-state index in [0.29, 0.717) is 12.1 Å². The minimum absolute atomic E-state index is 0. The van der Waals surface area contributed by atoms with Crippen LogP contribution >= 0.6 is 12.4 Å². The molecule has 0 aliphatic carbocycles. The highest BCUT2D eigenvalue weighted by Gasteiger charge is 2.34. The van der Waals surface area contributed by atoms with Crippen LogP contribution in [0.4, 0.5) is 30.7 Å². The molecular weight excluding hydrogens is 379 g/mol. The summed E-state index contributed by atoms with van der Waals surface area (Å²) in [6.07, 6.45) is -9.68. The molecule has 25 heavy (non-hydrogen) atoms. The van der Waals surface area contributed by atoms with Gasteiger partial charge in [-0.05, 0) is 35.4 Å². The Kier molecular flexibility index (Phi) is 6.30. The quantitative estimate of drug-likeness (QED) is 0.731. The molecule has 2 aromatic carbocycles. The Labute approximate surface area is 143 Å². The Morgan fingerprint density at radius 1 is 0.840 bits per heavy atom. The first-order valence-corrected chi connectivity index (χ1v) is 6.45. The zero-order valence-electron chi connectivity index (χ0n) is 12.2. The lowest BCUT2D eigenvalue weighted by Gasteiger charge is -2.16. The van der Waals surface area contributed by atoms with Gasteiger partial charge in [0.05, 0.1) is 11.6 Å². The van der Waals surface area contributed by atoms with Crippen LogP contribution in [0.2, 0.25) is 0 Å². The van der Waals surface area contributed by atoms with Crippen molar-refractivity contribution in [2.24, 2.45) is 5.73 Å². The number of nitrogens with two attached hydrogens (primary N) is 1. The lowest BCUT2D eigenvalue weighted by atomic mass is 9.98. The van der Waals surface area contributed by atoms with E-state index in [0.717, 1.165) is 18.2 Å². The molecular formula is C15H11ClF7NO. The van der Waals surface area contributed by atoms with Crippen LogP contribution in [0.15, 0.2) is 42.5 Å². The molecule has 0 saturated heterocycles. The van der Waals surface area contributed by atoms with E-state index >= 15 is 0 Å². The number of hydrogen-bond donors (Lipinski definition) is 1. The van der Waals surface area contributed by atoms with Gasteiger partial charge in [0.15, 0.2) is 0 Å². The number of ether oxygens (including phenoxy) is 1. The van der Waals surface area contributed by atoms with Gasteiger partial charge in [-0.2, -0.15) is 13.2 Å². The Bertz CT molecular complexity index is 713. The fourth-order valence-electron chi connectivity index (χ4n) is 2.02. The maximum atomic E-state index is 13.6.